The third kappa shape index (κ3) is 7.44. The number of benzene rings is 1. The Morgan fingerprint density at radius 1 is 1.09 bits per heavy atom. The normalized spacial score (nSPS) is 11.7. The van der Waals surface area contributed by atoms with E-state index in [9.17, 15) is 14.4 Å². The lowest BCUT2D eigenvalue weighted by Crippen LogP contribution is -2.43. The van der Waals surface area contributed by atoms with Crippen LogP contribution in [-0.4, -0.2) is 31.0 Å². The average Bonchev–Trinajstić information content (AvgIpc) is 2.51. The van der Waals surface area contributed by atoms with E-state index in [-0.39, 0.29) is 24.7 Å². The smallest absolute Gasteiger partial charge is 0.408 e. The number of hydrogen-bond acceptors (Lipinski definition) is 5. The molecule has 1 atom stereocenters. The van der Waals surface area contributed by atoms with E-state index in [0.29, 0.717) is 6.42 Å². The highest BCUT2D eigenvalue weighted by atomic mass is 16.6. The Kier molecular flexibility index (Phi) is 7.80. The van der Waals surface area contributed by atoms with Crippen molar-refractivity contribution in [1.29, 1.82) is 0 Å². The lowest BCUT2D eigenvalue weighted by molar-refractivity contribution is -0.144. The summed E-state index contributed by atoms with van der Waals surface area (Å²) in [6, 6.07) is 8.12. The fraction of sp³-hybridized carbons (Fsp3) is 0.471. The zero-order valence-electron chi connectivity index (χ0n) is 13.7. The molecule has 0 heterocycles. The molecule has 1 amide bonds. The highest BCUT2D eigenvalue weighted by molar-refractivity contribution is 5.88. The number of nitrogens with one attached hydrogen (secondary N) is 1. The van der Waals surface area contributed by atoms with Gasteiger partial charge in [-0.3, -0.25) is 4.79 Å². The predicted molar refractivity (Wildman–Crippen MR) is 84.6 cm³/mol. The van der Waals surface area contributed by atoms with Gasteiger partial charge in [-0.2, -0.15) is 0 Å². The molecule has 0 aliphatic rings. The summed E-state index contributed by atoms with van der Waals surface area (Å²) >= 11 is 0. The largest absolute Gasteiger partial charge is 0.467 e. The molecule has 1 aromatic carbocycles. The van der Waals surface area contributed by atoms with Crippen LogP contribution in [0.4, 0.5) is 4.79 Å². The van der Waals surface area contributed by atoms with E-state index in [4.69, 9.17) is 4.74 Å². The maximum atomic E-state index is 11.8. The number of carbonyl (C=O) groups excluding carboxylic acids is 3. The molecule has 126 valence electrons. The fourth-order valence-corrected chi connectivity index (χ4v) is 2.01. The molecule has 0 radical (unpaired) electrons. The zero-order valence-corrected chi connectivity index (χ0v) is 13.7. The topological polar surface area (TPSA) is 81.7 Å². The quantitative estimate of drug-likeness (QED) is 0.744. The summed E-state index contributed by atoms with van der Waals surface area (Å²) in [6.07, 6.45) is -0.527. The number of alkyl carbamates (subject to hydrolysis) is 1. The molecule has 1 aromatic rings. The molecule has 1 N–H and O–H groups in total. The van der Waals surface area contributed by atoms with Gasteiger partial charge in [0.1, 0.15) is 18.4 Å². The van der Waals surface area contributed by atoms with Gasteiger partial charge in [-0.1, -0.05) is 44.2 Å². The molecular weight excluding hydrogens is 298 g/mol. The summed E-state index contributed by atoms with van der Waals surface area (Å²) in [4.78, 5) is 35.3. The second-order valence-electron chi connectivity index (χ2n) is 5.62. The Hall–Kier alpha value is -2.37. The van der Waals surface area contributed by atoms with Crippen LogP contribution in [0.15, 0.2) is 30.3 Å². The Labute approximate surface area is 136 Å². The van der Waals surface area contributed by atoms with E-state index in [1.54, 1.807) is 0 Å². The molecule has 0 bridgehead atoms. The second-order valence-corrected chi connectivity index (χ2v) is 5.62. The van der Waals surface area contributed by atoms with Gasteiger partial charge in [-0.25, -0.2) is 9.59 Å². The van der Waals surface area contributed by atoms with Crippen molar-refractivity contribution in [3.63, 3.8) is 0 Å². The summed E-state index contributed by atoms with van der Waals surface area (Å²) in [5.41, 5.74) is 0.827. The van der Waals surface area contributed by atoms with Crippen molar-refractivity contribution >= 4 is 17.8 Å². The molecule has 6 nitrogen and oxygen atoms in total. The van der Waals surface area contributed by atoms with Crippen LogP contribution >= 0.6 is 0 Å². The van der Waals surface area contributed by atoms with Crippen molar-refractivity contribution in [1.82, 2.24) is 5.32 Å². The molecule has 0 fully saturated rings. The highest BCUT2D eigenvalue weighted by Gasteiger charge is 2.25. The second kappa shape index (κ2) is 9.61. The first-order chi connectivity index (χ1) is 10.9. The summed E-state index contributed by atoms with van der Waals surface area (Å²) in [6.45, 7) is 3.90. The number of methoxy groups -OCH3 is 1. The van der Waals surface area contributed by atoms with Gasteiger partial charge in [0.2, 0.25) is 0 Å². The molecule has 0 saturated heterocycles. The minimum atomic E-state index is -1.03. The average molecular weight is 321 g/mol. The fourth-order valence-electron chi connectivity index (χ4n) is 2.01. The zero-order chi connectivity index (χ0) is 17.2. The van der Waals surface area contributed by atoms with Gasteiger partial charge < -0.3 is 14.8 Å². The van der Waals surface area contributed by atoms with Gasteiger partial charge >= 0.3 is 12.1 Å². The number of ketones is 1. The molecule has 0 saturated carbocycles. The van der Waals surface area contributed by atoms with Gasteiger partial charge in [0.15, 0.2) is 0 Å². The van der Waals surface area contributed by atoms with E-state index in [1.807, 2.05) is 44.2 Å². The van der Waals surface area contributed by atoms with E-state index in [1.165, 1.54) is 7.11 Å². The lowest BCUT2D eigenvalue weighted by Gasteiger charge is -2.16. The maximum Gasteiger partial charge on any atom is 0.408 e. The standard InChI is InChI=1S/C17H23NO5/c1-12(2)9-14(19)10-15(16(20)22-3)18-17(21)23-11-13-7-5-4-6-8-13/h4-8,12,15H,9-11H2,1-3H3,(H,18,21)/t15-/m0/s1. The van der Waals surface area contributed by atoms with Gasteiger partial charge in [-0.05, 0) is 11.5 Å². The van der Waals surface area contributed by atoms with Crippen molar-refractivity contribution in [3.8, 4) is 0 Å². The first kappa shape index (κ1) is 18.7. The van der Waals surface area contributed by atoms with Crippen molar-refractivity contribution in [2.75, 3.05) is 7.11 Å². The van der Waals surface area contributed by atoms with Crippen molar-refractivity contribution < 1.29 is 23.9 Å². The van der Waals surface area contributed by atoms with Crippen LogP contribution in [0.3, 0.4) is 0 Å². The van der Waals surface area contributed by atoms with E-state index in [2.05, 4.69) is 10.1 Å². The first-order valence-electron chi connectivity index (χ1n) is 7.49. The lowest BCUT2D eigenvalue weighted by atomic mass is 10.0. The van der Waals surface area contributed by atoms with Gasteiger partial charge in [0.05, 0.1) is 7.11 Å². The molecule has 0 aliphatic heterocycles. The van der Waals surface area contributed by atoms with Gasteiger partial charge in [0, 0.05) is 12.8 Å². The minimum absolute atomic E-state index is 0.0838. The Bertz CT molecular complexity index is 527. The SMILES string of the molecule is COC(=O)[C@H](CC(=O)CC(C)C)NC(=O)OCc1ccccc1. The summed E-state index contributed by atoms with van der Waals surface area (Å²) in [7, 11) is 1.21. The van der Waals surface area contributed by atoms with E-state index in [0.717, 1.165) is 5.56 Å². The Balaban J connectivity index is 2.53. The molecule has 0 unspecified atom stereocenters. The van der Waals surface area contributed by atoms with Crippen molar-refractivity contribution in [3.05, 3.63) is 35.9 Å². The summed E-state index contributed by atoms with van der Waals surface area (Å²) < 4.78 is 9.67. The third-order valence-corrected chi connectivity index (χ3v) is 3.06. The van der Waals surface area contributed by atoms with Gasteiger partial charge in [0.25, 0.3) is 0 Å². The van der Waals surface area contributed by atoms with Crippen molar-refractivity contribution in [2.24, 2.45) is 5.92 Å². The number of hydrogen-bond donors (Lipinski definition) is 1. The third-order valence-electron chi connectivity index (χ3n) is 3.06. The minimum Gasteiger partial charge on any atom is -0.467 e. The van der Waals surface area contributed by atoms with Crippen LogP contribution in [0, 0.1) is 5.92 Å². The van der Waals surface area contributed by atoms with E-state index < -0.39 is 18.1 Å². The number of rotatable bonds is 8. The number of esters is 1. The molecule has 23 heavy (non-hydrogen) atoms. The van der Waals surface area contributed by atoms with Gasteiger partial charge in [-0.15, -0.1) is 0 Å². The van der Waals surface area contributed by atoms with Crippen LogP contribution in [0.25, 0.3) is 0 Å². The summed E-state index contributed by atoms with van der Waals surface area (Å²) in [5.74, 6) is -0.594. The molecule has 0 aromatic heterocycles. The van der Waals surface area contributed by atoms with Crippen LogP contribution < -0.4 is 5.32 Å². The Morgan fingerprint density at radius 2 is 1.74 bits per heavy atom. The van der Waals surface area contributed by atoms with Crippen LogP contribution in [0.5, 0.6) is 0 Å². The highest BCUT2D eigenvalue weighted by Crippen LogP contribution is 2.07. The van der Waals surface area contributed by atoms with E-state index >= 15 is 0 Å². The molecule has 0 spiro atoms. The number of ether oxygens (including phenoxy) is 2. The van der Waals surface area contributed by atoms with Crippen molar-refractivity contribution in [2.45, 2.75) is 39.3 Å². The van der Waals surface area contributed by atoms with Crippen LogP contribution in [0.1, 0.15) is 32.3 Å². The maximum absolute atomic E-state index is 11.8. The monoisotopic (exact) mass is 321 g/mol. The number of carbonyl (C=O) groups is 3. The molecular formula is C17H23NO5. The predicted octanol–water partition coefficient (Wildman–Crippen LogP) is 2.46. The molecule has 0 aliphatic carbocycles. The number of Topliss-reactive ketones (excluding diaryl/α,β-unsaturated/α-hetero) is 1. The Morgan fingerprint density at radius 3 is 2.30 bits per heavy atom. The first-order valence-corrected chi connectivity index (χ1v) is 7.49. The molecule has 6 heteroatoms. The number of amides is 1. The summed E-state index contributed by atoms with van der Waals surface area (Å²) in [5, 5.41) is 2.39. The van der Waals surface area contributed by atoms with Crippen LogP contribution in [0.2, 0.25) is 0 Å². The van der Waals surface area contributed by atoms with Crippen LogP contribution in [-0.2, 0) is 25.7 Å². The molecule has 1 rings (SSSR count).